The first kappa shape index (κ1) is 14.8. The van der Waals surface area contributed by atoms with E-state index in [1.807, 2.05) is 31.2 Å². The molecule has 20 heavy (non-hydrogen) atoms. The number of nitrogens with zero attached hydrogens (tertiary/aromatic N) is 1. The molecule has 0 atom stereocenters. The lowest BCUT2D eigenvalue weighted by Crippen LogP contribution is -2.25. The molecule has 1 aromatic carbocycles. The standard InChI is InChI=1S/C15H18BrN3O/c1-2-8-18-14(20)7-10-17-13-6-9-19-15-11(13)4-3-5-12(15)16/h3-6,9H,2,7-8,10H2,1H3,(H,17,19)(H,18,20). The van der Waals surface area contributed by atoms with Crippen LogP contribution in [0.1, 0.15) is 19.8 Å². The number of carbonyl (C=O) groups is 1. The van der Waals surface area contributed by atoms with Crippen molar-refractivity contribution in [1.82, 2.24) is 10.3 Å². The van der Waals surface area contributed by atoms with Gasteiger partial charge in [0.2, 0.25) is 5.91 Å². The molecule has 0 saturated heterocycles. The van der Waals surface area contributed by atoms with Crippen LogP contribution in [0.2, 0.25) is 0 Å². The summed E-state index contributed by atoms with van der Waals surface area (Å²) in [5.74, 6) is 0.0823. The van der Waals surface area contributed by atoms with Crippen molar-refractivity contribution < 1.29 is 4.79 Å². The zero-order valence-electron chi connectivity index (χ0n) is 11.4. The second-order valence-electron chi connectivity index (χ2n) is 4.52. The number of carbonyl (C=O) groups excluding carboxylic acids is 1. The summed E-state index contributed by atoms with van der Waals surface area (Å²) in [5, 5.41) is 7.22. The van der Waals surface area contributed by atoms with E-state index in [-0.39, 0.29) is 5.91 Å². The van der Waals surface area contributed by atoms with Gasteiger partial charge in [0.05, 0.1) is 5.52 Å². The van der Waals surface area contributed by atoms with Gasteiger partial charge in [0.1, 0.15) is 0 Å². The smallest absolute Gasteiger partial charge is 0.221 e. The van der Waals surface area contributed by atoms with Crippen LogP contribution in [0.15, 0.2) is 34.9 Å². The van der Waals surface area contributed by atoms with E-state index in [1.54, 1.807) is 6.20 Å². The number of halogens is 1. The van der Waals surface area contributed by atoms with Gasteiger partial charge in [0, 0.05) is 41.3 Å². The van der Waals surface area contributed by atoms with E-state index in [0.29, 0.717) is 13.0 Å². The number of fused-ring (bicyclic) bond motifs is 1. The number of hydrogen-bond donors (Lipinski definition) is 2. The van der Waals surface area contributed by atoms with E-state index < -0.39 is 0 Å². The Labute approximate surface area is 127 Å². The minimum atomic E-state index is 0.0823. The first-order chi connectivity index (χ1) is 9.72. The van der Waals surface area contributed by atoms with Gasteiger partial charge in [-0.05, 0) is 34.5 Å². The fourth-order valence-corrected chi connectivity index (χ4v) is 2.43. The monoisotopic (exact) mass is 335 g/mol. The first-order valence-corrected chi connectivity index (χ1v) is 7.55. The van der Waals surface area contributed by atoms with Crippen molar-refractivity contribution in [2.75, 3.05) is 18.4 Å². The van der Waals surface area contributed by atoms with Crippen LogP contribution in [0, 0.1) is 0 Å². The molecule has 0 spiro atoms. The topological polar surface area (TPSA) is 54.0 Å². The molecule has 0 aliphatic heterocycles. The average molecular weight is 336 g/mol. The lowest BCUT2D eigenvalue weighted by molar-refractivity contribution is -0.120. The summed E-state index contributed by atoms with van der Waals surface area (Å²) < 4.78 is 0.972. The third kappa shape index (κ3) is 3.70. The molecule has 0 bridgehead atoms. The van der Waals surface area contributed by atoms with Gasteiger partial charge in [-0.3, -0.25) is 9.78 Å². The summed E-state index contributed by atoms with van der Waals surface area (Å²) in [4.78, 5) is 15.9. The van der Waals surface area contributed by atoms with E-state index in [4.69, 9.17) is 0 Å². The molecule has 2 aromatic rings. The van der Waals surface area contributed by atoms with Crippen molar-refractivity contribution in [3.05, 3.63) is 34.9 Å². The molecule has 0 aliphatic rings. The Morgan fingerprint density at radius 1 is 1.30 bits per heavy atom. The van der Waals surface area contributed by atoms with E-state index in [1.165, 1.54) is 0 Å². The van der Waals surface area contributed by atoms with E-state index >= 15 is 0 Å². The van der Waals surface area contributed by atoms with Gasteiger partial charge in [-0.25, -0.2) is 0 Å². The van der Waals surface area contributed by atoms with Gasteiger partial charge >= 0.3 is 0 Å². The largest absolute Gasteiger partial charge is 0.384 e. The normalized spacial score (nSPS) is 10.5. The van der Waals surface area contributed by atoms with Crippen molar-refractivity contribution in [2.24, 2.45) is 0 Å². The third-order valence-electron chi connectivity index (χ3n) is 2.96. The summed E-state index contributed by atoms with van der Waals surface area (Å²) in [7, 11) is 0. The van der Waals surface area contributed by atoms with Gasteiger partial charge in [-0.1, -0.05) is 19.1 Å². The summed E-state index contributed by atoms with van der Waals surface area (Å²) in [6.07, 6.45) is 3.20. The molecule has 2 rings (SSSR count). The van der Waals surface area contributed by atoms with Crippen LogP contribution in [0.5, 0.6) is 0 Å². The number of anilines is 1. The van der Waals surface area contributed by atoms with Crippen LogP contribution < -0.4 is 10.6 Å². The zero-order valence-corrected chi connectivity index (χ0v) is 13.0. The van der Waals surface area contributed by atoms with E-state index in [0.717, 1.165) is 34.0 Å². The number of rotatable bonds is 6. The first-order valence-electron chi connectivity index (χ1n) is 6.76. The zero-order chi connectivity index (χ0) is 14.4. The van der Waals surface area contributed by atoms with Gasteiger partial charge in [-0.2, -0.15) is 0 Å². The molecule has 0 saturated carbocycles. The molecule has 0 aliphatic carbocycles. The fourth-order valence-electron chi connectivity index (χ4n) is 1.96. The Bertz CT molecular complexity index is 601. The van der Waals surface area contributed by atoms with Crippen molar-refractivity contribution >= 4 is 38.4 Å². The molecule has 106 valence electrons. The van der Waals surface area contributed by atoms with Gasteiger partial charge < -0.3 is 10.6 Å². The lowest BCUT2D eigenvalue weighted by Gasteiger charge is -2.10. The SMILES string of the molecule is CCCNC(=O)CCNc1ccnc2c(Br)cccc12. The highest BCUT2D eigenvalue weighted by molar-refractivity contribution is 9.10. The highest BCUT2D eigenvalue weighted by atomic mass is 79.9. The summed E-state index contributed by atoms with van der Waals surface area (Å²) in [5.41, 5.74) is 1.92. The number of para-hydroxylation sites is 1. The fraction of sp³-hybridized carbons (Fsp3) is 0.333. The van der Waals surface area contributed by atoms with Gasteiger partial charge in [-0.15, -0.1) is 0 Å². The molecule has 4 nitrogen and oxygen atoms in total. The predicted octanol–water partition coefficient (Wildman–Crippen LogP) is 3.33. The maximum absolute atomic E-state index is 11.5. The number of nitrogens with one attached hydrogen (secondary N) is 2. The van der Waals surface area contributed by atoms with Crippen LogP contribution in [0.25, 0.3) is 10.9 Å². The van der Waals surface area contributed by atoms with Crippen LogP contribution in [-0.4, -0.2) is 24.0 Å². The van der Waals surface area contributed by atoms with E-state index in [9.17, 15) is 4.79 Å². The molecular formula is C15H18BrN3O. The Morgan fingerprint density at radius 3 is 2.95 bits per heavy atom. The van der Waals surface area contributed by atoms with Crippen LogP contribution in [-0.2, 0) is 4.79 Å². The highest BCUT2D eigenvalue weighted by Gasteiger charge is 2.05. The average Bonchev–Trinajstić information content (AvgIpc) is 2.46. The number of benzene rings is 1. The quantitative estimate of drug-likeness (QED) is 0.851. The summed E-state index contributed by atoms with van der Waals surface area (Å²) in [6, 6.07) is 7.90. The van der Waals surface area contributed by atoms with Gasteiger partial charge in [0.25, 0.3) is 0 Å². The van der Waals surface area contributed by atoms with Crippen molar-refractivity contribution in [2.45, 2.75) is 19.8 Å². The van der Waals surface area contributed by atoms with Crippen LogP contribution in [0.4, 0.5) is 5.69 Å². The molecular weight excluding hydrogens is 318 g/mol. The Hall–Kier alpha value is -1.62. The second kappa shape index (κ2) is 7.24. The highest BCUT2D eigenvalue weighted by Crippen LogP contribution is 2.27. The Kier molecular flexibility index (Phi) is 5.35. The second-order valence-corrected chi connectivity index (χ2v) is 5.38. The number of hydrogen-bond acceptors (Lipinski definition) is 3. The van der Waals surface area contributed by atoms with Crippen LogP contribution in [0.3, 0.4) is 0 Å². The molecule has 1 amide bonds. The van der Waals surface area contributed by atoms with Crippen LogP contribution >= 0.6 is 15.9 Å². The Balaban J connectivity index is 2.00. The number of aromatic nitrogens is 1. The van der Waals surface area contributed by atoms with Crippen molar-refractivity contribution in [1.29, 1.82) is 0 Å². The van der Waals surface area contributed by atoms with Gasteiger partial charge in [0.15, 0.2) is 0 Å². The Morgan fingerprint density at radius 2 is 2.15 bits per heavy atom. The molecule has 1 heterocycles. The summed E-state index contributed by atoms with van der Waals surface area (Å²) in [6.45, 7) is 3.39. The maximum atomic E-state index is 11.5. The molecule has 0 fully saturated rings. The lowest BCUT2D eigenvalue weighted by atomic mass is 10.2. The molecule has 0 unspecified atom stereocenters. The predicted molar refractivity (Wildman–Crippen MR) is 85.9 cm³/mol. The molecule has 5 heteroatoms. The minimum absolute atomic E-state index is 0.0823. The summed E-state index contributed by atoms with van der Waals surface area (Å²) >= 11 is 3.50. The number of amides is 1. The molecule has 1 aromatic heterocycles. The number of pyridine rings is 1. The third-order valence-corrected chi connectivity index (χ3v) is 3.60. The van der Waals surface area contributed by atoms with E-state index in [2.05, 4.69) is 31.5 Å². The minimum Gasteiger partial charge on any atom is -0.384 e. The van der Waals surface area contributed by atoms with Crippen molar-refractivity contribution in [3.63, 3.8) is 0 Å². The molecule has 0 radical (unpaired) electrons. The molecule has 2 N–H and O–H groups in total. The van der Waals surface area contributed by atoms with Crippen molar-refractivity contribution in [3.8, 4) is 0 Å². The maximum Gasteiger partial charge on any atom is 0.221 e.